The number of nitrogens with one attached hydrogen (secondary N) is 2. The largest absolute Gasteiger partial charge is 0.354 e. The molecule has 2 unspecified atom stereocenters. The van der Waals surface area contributed by atoms with E-state index in [-0.39, 0.29) is 23.7 Å². The monoisotopic (exact) mass is 442 g/mol. The van der Waals surface area contributed by atoms with Gasteiger partial charge >= 0.3 is 0 Å². The van der Waals surface area contributed by atoms with Gasteiger partial charge in [-0.2, -0.15) is 0 Å². The summed E-state index contributed by atoms with van der Waals surface area (Å²) in [5, 5.41) is 6.06. The number of carbonyl (C=O) groups excluding carboxylic acids is 2. The summed E-state index contributed by atoms with van der Waals surface area (Å²) in [6.45, 7) is 6.46. The Morgan fingerprint density at radius 1 is 0.818 bits per heavy atom. The molecule has 0 aliphatic rings. The zero-order chi connectivity index (χ0) is 23.6. The summed E-state index contributed by atoms with van der Waals surface area (Å²) in [5.74, 6) is -0.125. The van der Waals surface area contributed by atoms with Crippen LogP contribution in [-0.4, -0.2) is 24.4 Å². The second-order valence-corrected chi connectivity index (χ2v) is 8.61. The lowest BCUT2D eigenvalue weighted by molar-refractivity contribution is -0.124. The van der Waals surface area contributed by atoms with E-state index >= 15 is 0 Å². The van der Waals surface area contributed by atoms with Crippen LogP contribution in [0.4, 0.5) is 0 Å². The molecule has 3 rings (SSSR count). The van der Waals surface area contributed by atoms with Crippen LogP contribution in [0.25, 0.3) is 0 Å². The number of amides is 2. The van der Waals surface area contributed by atoms with E-state index in [4.69, 9.17) is 0 Å². The summed E-state index contributed by atoms with van der Waals surface area (Å²) in [6.07, 6.45) is 1.57. The molecule has 4 heteroatoms. The highest BCUT2D eigenvalue weighted by Gasteiger charge is 2.27. The van der Waals surface area contributed by atoms with Crippen LogP contribution in [0.3, 0.4) is 0 Å². The molecule has 0 saturated carbocycles. The van der Waals surface area contributed by atoms with Crippen LogP contribution in [0.1, 0.15) is 59.7 Å². The molecule has 33 heavy (non-hydrogen) atoms. The molecule has 0 aromatic heterocycles. The Morgan fingerprint density at radius 2 is 1.36 bits per heavy atom. The van der Waals surface area contributed by atoms with E-state index in [1.165, 1.54) is 11.1 Å². The van der Waals surface area contributed by atoms with E-state index in [1.54, 1.807) is 6.07 Å². The summed E-state index contributed by atoms with van der Waals surface area (Å²) < 4.78 is 0. The van der Waals surface area contributed by atoms with Crippen LogP contribution in [-0.2, 0) is 4.79 Å². The average Bonchev–Trinajstić information content (AvgIpc) is 2.85. The van der Waals surface area contributed by atoms with E-state index in [1.807, 2.05) is 75.4 Å². The normalized spacial score (nSPS) is 12.7. The third-order valence-electron chi connectivity index (χ3n) is 6.31. The van der Waals surface area contributed by atoms with Gasteiger partial charge in [-0.3, -0.25) is 9.59 Å². The second-order valence-electron chi connectivity index (χ2n) is 8.61. The van der Waals surface area contributed by atoms with Gasteiger partial charge in [0, 0.05) is 18.0 Å². The van der Waals surface area contributed by atoms with Gasteiger partial charge in [-0.05, 0) is 42.0 Å². The summed E-state index contributed by atoms with van der Waals surface area (Å²) in [4.78, 5) is 26.0. The maximum absolute atomic E-state index is 13.1. The lowest BCUT2D eigenvalue weighted by atomic mass is 9.88. The first-order valence-corrected chi connectivity index (χ1v) is 11.7. The zero-order valence-electron chi connectivity index (χ0n) is 19.8. The van der Waals surface area contributed by atoms with Crippen molar-refractivity contribution in [1.29, 1.82) is 0 Å². The van der Waals surface area contributed by atoms with Crippen molar-refractivity contribution in [2.24, 2.45) is 5.92 Å². The highest BCUT2D eigenvalue weighted by Crippen LogP contribution is 2.27. The molecule has 4 nitrogen and oxygen atoms in total. The average molecular weight is 443 g/mol. The smallest absolute Gasteiger partial charge is 0.252 e. The van der Waals surface area contributed by atoms with Crippen molar-refractivity contribution in [2.45, 2.75) is 45.6 Å². The van der Waals surface area contributed by atoms with Gasteiger partial charge < -0.3 is 10.6 Å². The van der Waals surface area contributed by atoms with E-state index in [2.05, 4.69) is 34.9 Å². The van der Waals surface area contributed by atoms with Crippen LogP contribution < -0.4 is 10.6 Å². The van der Waals surface area contributed by atoms with Crippen LogP contribution in [0.15, 0.2) is 84.9 Å². The van der Waals surface area contributed by atoms with Crippen LogP contribution in [0, 0.1) is 12.8 Å². The van der Waals surface area contributed by atoms with Gasteiger partial charge in [0.2, 0.25) is 5.91 Å². The SMILES string of the molecule is CCC(C)C(NC(=O)c1ccccc1C)C(=O)NCCC(c1ccccc1)c1ccccc1. The maximum atomic E-state index is 13.1. The summed E-state index contributed by atoms with van der Waals surface area (Å²) in [5.41, 5.74) is 3.95. The summed E-state index contributed by atoms with van der Waals surface area (Å²) in [7, 11) is 0. The maximum Gasteiger partial charge on any atom is 0.252 e. The Labute approximate surface area is 197 Å². The molecule has 0 aliphatic carbocycles. The van der Waals surface area contributed by atoms with Crippen LogP contribution in [0.2, 0.25) is 0 Å². The minimum absolute atomic E-state index is 0.0250. The van der Waals surface area contributed by atoms with E-state index in [0.29, 0.717) is 12.1 Å². The first kappa shape index (κ1) is 24.2. The molecule has 2 N–H and O–H groups in total. The highest BCUT2D eigenvalue weighted by molar-refractivity contribution is 5.98. The standard InChI is InChI=1S/C29H34N2O2/c1-4-21(2)27(31-28(32)25-18-12-11-13-22(25)3)29(33)30-20-19-26(23-14-7-5-8-15-23)24-16-9-6-10-17-24/h5-18,21,26-27H,4,19-20H2,1-3H3,(H,30,33)(H,31,32). The number of carbonyl (C=O) groups is 2. The number of rotatable bonds is 10. The third kappa shape index (κ3) is 6.55. The fraction of sp³-hybridized carbons (Fsp3) is 0.310. The predicted octanol–water partition coefficient (Wildman–Crippen LogP) is 5.48. The minimum Gasteiger partial charge on any atom is -0.354 e. The number of hydrogen-bond acceptors (Lipinski definition) is 2. The molecule has 2 atom stereocenters. The molecule has 0 spiro atoms. The molecule has 172 valence electrons. The molecule has 0 radical (unpaired) electrons. The van der Waals surface area contributed by atoms with Crippen LogP contribution >= 0.6 is 0 Å². The van der Waals surface area contributed by atoms with Crippen molar-refractivity contribution < 1.29 is 9.59 Å². The summed E-state index contributed by atoms with van der Waals surface area (Å²) >= 11 is 0. The van der Waals surface area contributed by atoms with Crippen molar-refractivity contribution >= 4 is 11.8 Å². The fourth-order valence-corrected chi connectivity index (χ4v) is 4.09. The van der Waals surface area contributed by atoms with Gasteiger partial charge in [0.15, 0.2) is 0 Å². The first-order chi connectivity index (χ1) is 16.0. The second kappa shape index (κ2) is 12.0. The third-order valence-corrected chi connectivity index (χ3v) is 6.31. The number of benzene rings is 3. The quantitative estimate of drug-likeness (QED) is 0.437. The van der Waals surface area contributed by atoms with Gasteiger partial charge in [0.1, 0.15) is 6.04 Å². The Hall–Kier alpha value is -3.40. The van der Waals surface area contributed by atoms with Gasteiger partial charge in [-0.25, -0.2) is 0 Å². The predicted molar refractivity (Wildman–Crippen MR) is 134 cm³/mol. The Balaban J connectivity index is 1.68. The van der Waals surface area contributed by atoms with Crippen molar-refractivity contribution in [3.05, 3.63) is 107 Å². The first-order valence-electron chi connectivity index (χ1n) is 11.7. The fourth-order valence-electron chi connectivity index (χ4n) is 4.09. The number of hydrogen-bond donors (Lipinski definition) is 2. The molecule has 0 saturated heterocycles. The molecule has 0 heterocycles. The lowest BCUT2D eigenvalue weighted by Gasteiger charge is -2.25. The molecule has 3 aromatic carbocycles. The Bertz CT molecular complexity index is 994. The summed E-state index contributed by atoms with van der Waals surface area (Å²) in [6, 6.07) is 27.6. The Morgan fingerprint density at radius 3 is 1.91 bits per heavy atom. The molecule has 0 fully saturated rings. The molecule has 2 amide bonds. The van der Waals surface area contributed by atoms with Crippen molar-refractivity contribution in [3.8, 4) is 0 Å². The van der Waals surface area contributed by atoms with Gasteiger partial charge in [-0.1, -0.05) is 99.1 Å². The Kier molecular flexibility index (Phi) is 8.82. The molecular formula is C29H34N2O2. The zero-order valence-corrected chi connectivity index (χ0v) is 19.8. The van der Waals surface area contributed by atoms with E-state index in [9.17, 15) is 9.59 Å². The topological polar surface area (TPSA) is 58.2 Å². The number of aryl methyl sites for hydroxylation is 1. The molecule has 3 aromatic rings. The molecule has 0 bridgehead atoms. The van der Waals surface area contributed by atoms with Crippen molar-refractivity contribution in [2.75, 3.05) is 6.54 Å². The van der Waals surface area contributed by atoms with Crippen molar-refractivity contribution in [1.82, 2.24) is 10.6 Å². The van der Waals surface area contributed by atoms with Crippen LogP contribution in [0.5, 0.6) is 0 Å². The molecule has 0 aliphatic heterocycles. The highest BCUT2D eigenvalue weighted by atomic mass is 16.2. The van der Waals surface area contributed by atoms with Gasteiger partial charge in [-0.15, -0.1) is 0 Å². The minimum atomic E-state index is -0.575. The van der Waals surface area contributed by atoms with E-state index in [0.717, 1.165) is 18.4 Å². The molecular weight excluding hydrogens is 408 g/mol. The van der Waals surface area contributed by atoms with Gasteiger partial charge in [0.05, 0.1) is 0 Å². The van der Waals surface area contributed by atoms with E-state index < -0.39 is 6.04 Å². The lowest BCUT2D eigenvalue weighted by Crippen LogP contribution is -2.50. The van der Waals surface area contributed by atoms with Crippen molar-refractivity contribution in [3.63, 3.8) is 0 Å². The van der Waals surface area contributed by atoms with Gasteiger partial charge in [0.25, 0.3) is 5.91 Å².